The molecule has 1 atom stereocenters. The maximum absolute atomic E-state index is 6.20. The van der Waals surface area contributed by atoms with Gasteiger partial charge in [0.1, 0.15) is 0 Å². The zero-order valence-electron chi connectivity index (χ0n) is 10.0. The summed E-state index contributed by atoms with van der Waals surface area (Å²) in [5, 5.41) is 4.96. The topological polar surface area (TPSA) is 15.3 Å². The Bertz CT molecular complexity index is 376. The van der Waals surface area contributed by atoms with Crippen molar-refractivity contribution in [3.8, 4) is 0 Å². The van der Waals surface area contributed by atoms with E-state index in [1.165, 1.54) is 6.42 Å². The largest absolute Gasteiger partial charge is 0.315 e. The molecule has 0 bridgehead atoms. The van der Waals surface area contributed by atoms with Gasteiger partial charge in [0, 0.05) is 29.2 Å². The predicted molar refractivity (Wildman–Crippen MR) is 73.8 cm³/mol. The minimum Gasteiger partial charge on any atom is -0.315 e. The predicted octanol–water partition coefficient (Wildman–Crippen LogP) is 3.18. The molecule has 2 rings (SSSR count). The van der Waals surface area contributed by atoms with Crippen molar-refractivity contribution < 1.29 is 0 Å². The molecule has 1 heterocycles. The van der Waals surface area contributed by atoms with Crippen LogP contribution in [0.2, 0.25) is 10.0 Å². The number of nitrogens with zero attached hydrogens (tertiary/aromatic N) is 1. The van der Waals surface area contributed by atoms with Gasteiger partial charge >= 0.3 is 0 Å². The van der Waals surface area contributed by atoms with Crippen LogP contribution in [0.4, 0.5) is 0 Å². The first-order valence-corrected chi connectivity index (χ1v) is 6.85. The normalized spacial score (nSPS) is 20.1. The average Bonchev–Trinajstić information content (AvgIpc) is 2.84. The van der Waals surface area contributed by atoms with Gasteiger partial charge in [0.05, 0.1) is 0 Å². The molecule has 1 aromatic rings. The number of benzene rings is 1. The standard InChI is InChI=1S/C13H18Cl2N2/c1-2-17(12-5-6-16-8-12)9-10-7-11(14)3-4-13(10)15/h3-4,7,12,16H,2,5-6,8-9H2,1H3. The highest BCUT2D eigenvalue weighted by Crippen LogP contribution is 2.23. The zero-order chi connectivity index (χ0) is 12.3. The van der Waals surface area contributed by atoms with E-state index >= 15 is 0 Å². The maximum Gasteiger partial charge on any atom is 0.0452 e. The van der Waals surface area contributed by atoms with Gasteiger partial charge in [-0.25, -0.2) is 0 Å². The summed E-state index contributed by atoms with van der Waals surface area (Å²) >= 11 is 12.2. The molecule has 2 nitrogen and oxygen atoms in total. The molecule has 1 N–H and O–H groups in total. The summed E-state index contributed by atoms with van der Waals surface area (Å²) in [5.74, 6) is 0. The Labute approximate surface area is 113 Å². The van der Waals surface area contributed by atoms with E-state index in [1.807, 2.05) is 18.2 Å². The number of halogens is 2. The Kier molecular flexibility index (Phi) is 4.69. The fourth-order valence-corrected chi connectivity index (χ4v) is 2.71. The lowest BCUT2D eigenvalue weighted by molar-refractivity contribution is 0.210. The van der Waals surface area contributed by atoms with Gasteiger partial charge in [-0.2, -0.15) is 0 Å². The van der Waals surface area contributed by atoms with Crippen LogP contribution in [-0.2, 0) is 6.54 Å². The lowest BCUT2D eigenvalue weighted by atomic mass is 10.1. The molecule has 0 saturated carbocycles. The molecule has 1 aliphatic heterocycles. The lowest BCUT2D eigenvalue weighted by Crippen LogP contribution is -2.36. The molecule has 94 valence electrons. The van der Waals surface area contributed by atoms with Gasteiger partial charge in [0.15, 0.2) is 0 Å². The van der Waals surface area contributed by atoms with Gasteiger partial charge in [-0.3, -0.25) is 4.90 Å². The Morgan fingerprint density at radius 3 is 2.88 bits per heavy atom. The first-order chi connectivity index (χ1) is 8.20. The molecule has 0 aromatic heterocycles. The highest BCUT2D eigenvalue weighted by atomic mass is 35.5. The molecule has 1 fully saturated rings. The third-order valence-electron chi connectivity index (χ3n) is 3.34. The number of rotatable bonds is 4. The minimum atomic E-state index is 0.620. The summed E-state index contributed by atoms with van der Waals surface area (Å²) in [6.45, 7) is 6.30. The maximum atomic E-state index is 6.20. The summed E-state index contributed by atoms with van der Waals surface area (Å²) in [7, 11) is 0. The quantitative estimate of drug-likeness (QED) is 0.906. The van der Waals surface area contributed by atoms with Crippen LogP contribution in [0.3, 0.4) is 0 Å². The number of nitrogens with one attached hydrogen (secondary N) is 1. The fraction of sp³-hybridized carbons (Fsp3) is 0.538. The molecule has 1 unspecified atom stereocenters. The van der Waals surface area contributed by atoms with Gasteiger partial charge in [-0.05, 0) is 43.3 Å². The Morgan fingerprint density at radius 2 is 2.24 bits per heavy atom. The summed E-state index contributed by atoms with van der Waals surface area (Å²) in [6.07, 6.45) is 1.21. The monoisotopic (exact) mass is 272 g/mol. The molecule has 1 aliphatic rings. The van der Waals surface area contributed by atoms with Crippen LogP contribution in [0.25, 0.3) is 0 Å². The van der Waals surface area contributed by atoms with E-state index in [2.05, 4.69) is 17.1 Å². The van der Waals surface area contributed by atoms with Crippen LogP contribution in [-0.4, -0.2) is 30.6 Å². The molecular formula is C13H18Cl2N2. The van der Waals surface area contributed by atoms with E-state index in [0.29, 0.717) is 6.04 Å². The highest BCUT2D eigenvalue weighted by Gasteiger charge is 2.21. The second kappa shape index (κ2) is 6.05. The van der Waals surface area contributed by atoms with Gasteiger partial charge in [-0.15, -0.1) is 0 Å². The molecule has 17 heavy (non-hydrogen) atoms. The first kappa shape index (κ1) is 13.2. The van der Waals surface area contributed by atoms with Crippen LogP contribution in [0, 0.1) is 0 Å². The van der Waals surface area contributed by atoms with Crippen molar-refractivity contribution in [3.05, 3.63) is 33.8 Å². The molecule has 0 aliphatic carbocycles. The fourth-order valence-electron chi connectivity index (χ4n) is 2.33. The third-order valence-corrected chi connectivity index (χ3v) is 3.94. The highest BCUT2D eigenvalue weighted by molar-refractivity contribution is 6.33. The van der Waals surface area contributed by atoms with E-state index in [-0.39, 0.29) is 0 Å². The summed E-state index contributed by atoms with van der Waals surface area (Å²) < 4.78 is 0. The van der Waals surface area contributed by atoms with Crippen LogP contribution in [0.15, 0.2) is 18.2 Å². The molecule has 1 saturated heterocycles. The number of hydrogen-bond donors (Lipinski definition) is 1. The SMILES string of the molecule is CCN(Cc1cc(Cl)ccc1Cl)C1CCNC1. The summed E-state index contributed by atoms with van der Waals surface area (Å²) in [5.41, 5.74) is 1.12. The van der Waals surface area contributed by atoms with Crippen molar-refractivity contribution in [2.75, 3.05) is 19.6 Å². The summed E-state index contributed by atoms with van der Waals surface area (Å²) in [6, 6.07) is 6.30. The van der Waals surface area contributed by atoms with E-state index in [4.69, 9.17) is 23.2 Å². The van der Waals surface area contributed by atoms with Crippen LogP contribution in [0.5, 0.6) is 0 Å². The van der Waals surface area contributed by atoms with Gasteiger partial charge in [0.25, 0.3) is 0 Å². The van der Waals surface area contributed by atoms with Crippen molar-refractivity contribution in [1.82, 2.24) is 10.2 Å². The Balaban J connectivity index is 2.09. The van der Waals surface area contributed by atoms with E-state index in [9.17, 15) is 0 Å². The van der Waals surface area contributed by atoms with E-state index in [0.717, 1.165) is 41.8 Å². The number of likely N-dealkylation sites (N-methyl/N-ethyl adjacent to an activating group) is 1. The van der Waals surface area contributed by atoms with E-state index in [1.54, 1.807) is 0 Å². The second-order valence-electron chi connectivity index (χ2n) is 4.45. The molecule has 4 heteroatoms. The lowest BCUT2D eigenvalue weighted by Gasteiger charge is -2.27. The smallest absolute Gasteiger partial charge is 0.0452 e. The van der Waals surface area contributed by atoms with Crippen molar-refractivity contribution in [3.63, 3.8) is 0 Å². The van der Waals surface area contributed by atoms with Crippen LogP contribution < -0.4 is 5.32 Å². The Morgan fingerprint density at radius 1 is 1.41 bits per heavy atom. The molecule has 0 amide bonds. The second-order valence-corrected chi connectivity index (χ2v) is 5.29. The van der Waals surface area contributed by atoms with Crippen molar-refractivity contribution in [1.29, 1.82) is 0 Å². The summed E-state index contributed by atoms with van der Waals surface area (Å²) in [4.78, 5) is 2.46. The Hall–Kier alpha value is -0.280. The van der Waals surface area contributed by atoms with Crippen LogP contribution >= 0.6 is 23.2 Å². The molecule has 0 spiro atoms. The molecule has 0 radical (unpaired) electrons. The van der Waals surface area contributed by atoms with Crippen LogP contribution in [0.1, 0.15) is 18.9 Å². The minimum absolute atomic E-state index is 0.620. The van der Waals surface area contributed by atoms with Crippen molar-refractivity contribution >= 4 is 23.2 Å². The van der Waals surface area contributed by atoms with Gasteiger partial charge < -0.3 is 5.32 Å². The molecule has 1 aromatic carbocycles. The van der Waals surface area contributed by atoms with Gasteiger partial charge in [0.2, 0.25) is 0 Å². The van der Waals surface area contributed by atoms with Crippen molar-refractivity contribution in [2.24, 2.45) is 0 Å². The van der Waals surface area contributed by atoms with Crippen molar-refractivity contribution in [2.45, 2.75) is 25.9 Å². The number of hydrogen-bond acceptors (Lipinski definition) is 2. The molecular weight excluding hydrogens is 255 g/mol. The average molecular weight is 273 g/mol. The zero-order valence-corrected chi connectivity index (χ0v) is 11.6. The van der Waals surface area contributed by atoms with E-state index < -0.39 is 0 Å². The third kappa shape index (κ3) is 3.35. The van der Waals surface area contributed by atoms with Gasteiger partial charge in [-0.1, -0.05) is 30.1 Å². The first-order valence-electron chi connectivity index (χ1n) is 6.09.